The molecule has 0 unspecified atom stereocenters. The lowest BCUT2D eigenvalue weighted by molar-refractivity contribution is 0.0952. The topological polar surface area (TPSA) is 30.0 Å². The number of carbonyl (C=O) groups excluding carboxylic acids is 1. The lowest BCUT2D eigenvalue weighted by atomic mass is 9.99. The summed E-state index contributed by atoms with van der Waals surface area (Å²) in [4.78, 5) is 15.8. The summed E-state index contributed by atoms with van der Waals surface area (Å²) in [6.45, 7) is 6.10. The SMILES string of the molecule is CC(C)/C=C/[C@H](C)C(=O)c1cccnc1. The molecule has 0 spiro atoms. The fourth-order valence-electron chi connectivity index (χ4n) is 1.25. The van der Waals surface area contributed by atoms with Gasteiger partial charge in [-0.05, 0) is 18.1 Å². The van der Waals surface area contributed by atoms with Crippen LogP contribution in [-0.2, 0) is 0 Å². The van der Waals surface area contributed by atoms with Gasteiger partial charge in [-0.2, -0.15) is 0 Å². The van der Waals surface area contributed by atoms with Crippen molar-refractivity contribution >= 4 is 5.78 Å². The molecular weight excluding hydrogens is 186 g/mol. The van der Waals surface area contributed by atoms with Crippen molar-refractivity contribution < 1.29 is 4.79 Å². The molecule has 0 amide bonds. The molecule has 2 heteroatoms. The molecule has 80 valence electrons. The normalized spacial score (nSPS) is 13.3. The average molecular weight is 203 g/mol. The maximum absolute atomic E-state index is 11.9. The van der Waals surface area contributed by atoms with Gasteiger partial charge in [-0.15, -0.1) is 0 Å². The number of rotatable bonds is 4. The molecule has 0 aliphatic heterocycles. The van der Waals surface area contributed by atoms with E-state index in [9.17, 15) is 4.79 Å². The molecule has 0 saturated carbocycles. The molecule has 0 fully saturated rings. The van der Waals surface area contributed by atoms with E-state index in [1.54, 1.807) is 24.5 Å². The van der Waals surface area contributed by atoms with Crippen molar-refractivity contribution in [3.63, 3.8) is 0 Å². The van der Waals surface area contributed by atoms with Crippen LogP contribution in [0.1, 0.15) is 31.1 Å². The van der Waals surface area contributed by atoms with Gasteiger partial charge in [0, 0.05) is 23.9 Å². The predicted molar refractivity (Wildman–Crippen MR) is 61.7 cm³/mol. The van der Waals surface area contributed by atoms with E-state index in [-0.39, 0.29) is 11.7 Å². The standard InChI is InChI=1S/C13H17NO/c1-10(2)6-7-11(3)13(15)12-5-4-8-14-9-12/h4-11H,1-3H3/b7-6+/t11-/m0/s1. The van der Waals surface area contributed by atoms with Crippen molar-refractivity contribution in [3.8, 4) is 0 Å². The highest BCUT2D eigenvalue weighted by Crippen LogP contribution is 2.10. The Hall–Kier alpha value is -1.44. The molecular formula is C13H17NO. The molecule has 2 nitrogen and oxygen atoms in total. The van der Waals surface area contributed by atoms with E-state index in [1.165, 1.54) is 0 Å². The van der Waals surface area contributed by atoms with Gasteiger partial charge >= 0.3 is 0 Å². The highest BCUT2D eigenvalue weighted by Gasteiger charge is 2.11. The smallest absolute Gasteiger partial charge is 0.170 e. The van der Waals surface area contributed by atoms with Gasteiger partial charge in [-0.3, -0.25) is 9.78 Å². The second-order valence-corrected chi connectivity index (χ2v) is 4.02. The summed E-state index contributed by atoms with van der Waals surface area (Å²) in [7, 11) is 0. The monoisotopic (exact) mass is 203 g/mol. The van der Waals surface area contributed by atoms with Crippen LogP contribution in [0.4, 0.5) is 0 Å². The Kier molecular flexibility index (Phi) is 4.22. The van der Waals surface area contributed by atoms with Crippen molar-refractivity contribution in [2.75, 3.05) is 0 Å². The van der Waals surface area contributed by atoms with Gasteiger partial charge in [-0.1, -0.05) is 32.9 Å². The Morgan fingerprint density at radius 3 is 2.60 bits per heavy atom. The summed E-state index contributed by atoms with van der Waals surface area (Å²) < 4.78 is 0. The first-order valence-electron chi connectivity index (χ1n) is 5.24. The third-order valence-corrected chi connectivity index (χ3v) is 2.14. The number of pyridine rings is 1. The number of aromatic nitrogens is 1. The van der Waals surface area contributed by atoms with Gasteiger partial charge in [0.25, 0.3) is 0 Å². The van der Waals surface area contributed by atoms with Crippen LogP contribution < -0.4 is 0 Å². The van der Waals surface area contributed by atoms with Crippen LogP contribution in [0.5, 0.6) is 0 Å². The average Bonchev–Trinajstić information content (AvgIpc) is 2.26. The molecule has 0 bridgehead atoms. The number of Topliss-reactive ketones (excluding diaryl/α,β-unsaturated/α-hetero) is 1. The number of nitrogens with zero attached hydrogens (tertiary/aromatic N) is 1. The molecule has 0 aliphatic carbocycles. The number of allylic oxidation sites excluding steroid dienone is 2. The fourth-order valence-corrected chi connectivity index (χ4v) is 1.25. The number of hydrogen-bond acceptors (Lipinski definition) is 2. The van der Waals surface area contributed by atoms with E-state index in [2.05, 4.69) is 24.9 Å². The zero-order valence-electron chi connectivity index (χ0n) is 9.47. The second-order valence-electron chi connectivity index (χ2n) is 4.02. The zero-order chi connectivity index (χ0) is 11.3. The summed E-state index contributed by atoms with van der Waals surface area (Å²) in [6, 6.07) is 3.58. The largest absolute Gasteiger partial charge is 0.293 e. The summed E-state index contributed by atoms with van der Waals surface area (Å²) in [5.41, 5.74) is 0.679. The van der Waals surface area contributed by atoms with Gasteiger partial charge < -0.3 is 0 Å². The Morgan fingerprint density at radius 1 is 1.33 bits per heavy atom. The molecule has 1 aromatic heterocycles. The van der Waals surface area contributed by atoms with E-state index in [4.69, 9.17) is 0 Å². The van der Waals surface area contributed by atoms with Crippen LogP contribution in [0.15, 0.2) is 36.7 Å². The molecule has 0 aliphatic rings. The lowest BCUT2D eigenvalue weighted by Crippen LogP contribution is -2.09. The minimum Gasteiger partial charge on any atom is -0.293 e. The molecule has 1 atom stereocenters. The van der Waals surface area contributed by atoms with Gasteiger partial charge in [0.05, 0.1) is 0 Å². The van der Waals surface area contributed by atoms with E-state index < -0.39 is 0 Å². The first-order valence-corrected chi connectivity index (χ1v) is 5.24. The molecule has 0 radical (unpaired) electrons. The molecule has 15 heavy (non-hydrogen) atoms. The van der Waals surface area contributed by atoms with Crippen molar-refractivity contribution in [1.29, 1.82) is 0 Å². The van der Waals surface area contributed by atoms with E-state index in [0.29, 0.717) is 11.5 Å². The van der Waals surface area contributed by atoms with E-state index >= 15 is 0 Å². The van der Waals surface area contributed by atoms with Crippen LogP contribution >= 0.6 is 0 Å². The van der Waals surface area contributed by atoms with E-state index in [0.717, 1.165) is 0 Å². The highest BCUT2D eigenvalue weighted by molar-refractivity contribution is 5.98. The van der Waals surface area contributed by atoms with Crippen LogP contribution in [0, 0.1) is 11.8 Å². The first kappa shape index (κ1) is 11.6. The maximum atomic E-state index is 11.9. The van der Waals surface area contributed by atoms with E-state index in [1.807, 2.05) is 13.0 Å². The quantitative estimate of drug-likeness (QED) is 0.556. The summed E-state index contributed by atoms with van der Waals surface area (Å²) in [6.07, 6.45) is 7.30. The third kappa shape index (κ3) is 3.66. The molecule has 1 rings (SSSR count). The minimum absolute atomic E-state index is 0.0726. The fraction of sp³-hybridized carbons (Fsp3) is 0.385. The van der Waals surface area contributed by atoms with Crippen LogP contribution in [0.25, 0.3) is 0 Å². The second kappa shape index (κ2) is 5.44. The summed E-state index contributed by atoms with van der Waals surface area (Å²) in [5.74, 6) is 0.533. The van der Waals surface area contributed by atoms with Gasteiger partial charge in [0.15, 0.2) is 5.78 Å². The summed E-state index contributed by atoms with van der Waals surface area (Å²) in [5, 5.41) is 0. The summed E-state index contributed by atoms with van der Waals surface area (Å²) >= 11 is 0. The molecule has 1 aromatic rings. The van der Waals surface area contributed by atoms with Gasteiger partial charge in [0.1, 0.15) is 0 Å². The first-order chi connectivity index (χ1) is 7.11. The van der Waals surface area contributed by atoms with Crippen LogP contribution in [0.3, 0.4) is 0 Å². The Balaban J connectivity index is 2.69. The van der Waals surface area contributed by atoms with Crippen molar-refractivity contribution in [3.05, 3.63) is 42.2 Å². The number of hydrogen-bond donors (Lipinski definition) is 0. The molecule has 0 saturated heterocycles. The van der Waals surface area contributed by atoms with Gasteiger partial charge in [-0.25, -0.2) is 0 Å². The van der Waals surface area contributed by atoms with Gasteiger partial charge in [0.2, 0.25) is 0 Å². The maximum Gasteiger partial charge on any atom is 0.170 e. The van der Waals surface area contributed by atoms with Crippen molar-refractivity contribution in [2.45, 2.75) is 20.8 Å². The number of ketones is 1. The zero-order valence-corrected chi connectivity index (χ0v) is 9.47. The molecule has 1 heterocycles. The minimum atomic E-state index is -0.0726. The highest BCUT2D eigenvalue weighted by atomic mass is 16.1. The Labute approximate surface area is 91.0 Å². The Bertz CT molecular complexity index is 341. The predicted octanol–water partition coefficient (Wildman–Crippen LogP) is 3.11. The van der Waals surface area contributed by atoms with Crippen molar-refractivity contribution in [2.24, 2.45) is 11.8 Å². The van der Waals surface area contributed by atoms with Crippen LogP contribution in [0.2, 0.25) is 0 Å². The lowest BCUT2D eigenvalue weighted by Gasteiger charge is -2.05. The Morgan fingerprint density at radius 2 is 2.07 bits per heavy atom. The van der Waals surface area contributed by atoms with Crippen molar-refractivity contribution in [1.82, 2.24) is 4.98 Å². The van der Waals surface area contributed by atoms with Crippen LogP contribution in [-0.4, -0.2) is 10.8 Å². The molecule has 0 N–H and O–H groups in total. The number of carbonyl (C=O) groups is 1. The third-order valence-electron chi connectivity index (χ3n) is 2.14. The molecule has 0 aromatic carbocycles.